The van der Waals surface area contributed by atoms with Gasteiger partial charge in [-0.1, -0.05) is 41.6 Å². The number of ether oxygens (including phenoxy) is 1. The molecule has 0 unspecified atom stereocenters. The summed E-state index contributed by atoms with van der Waals surface area (Å²) in [5.74, 6) is -0.516. The number of halogens is 3. The van der Waals surface area contributed by atoms with E-state index in [2.05, 4.69) is 20.5 Å². The molecule has 1 aliphatic rings. The predicted molar refractivity (Wildman–Crippen MR) is 110 cm³/mol. The average molecular weight is 445 g/mol. The molecule has 1 saturated heterocycles. The number of para-hydroxylation sites is 1. The molecule has 0 saturated carbocycles. The van der Waals surface area contributed by atoms with E-state index in [9.17, 15) is 18.0 Å². The normalized spacial score (nSPS) is 15.0. The number of morpholine rings is 1. The highest BCUT2D eigenvalue weighted by Gasteiger charge is 2.34. The summed E-state index contributed by atoms with van der Waals surface area (Å²) >= 11 is 0. The van der Waals surface area contributed by atoms with Gasteiger partial charge in [-0.2, -0.15) is 13.2 Å². The molecule has 0 aliphatic carbocycles. The topological polar surface area (TPSA) is 72.3 Å². The number of nitrogens with zero attached hydrogens (tertiary/aromatic N) is 4. The van der Waals surface area contributed by atoms with Gasteiger partial charge in [0.2, 0.25) is 0 Å². The lowest BCUT2D eigenvalue weighted by Crippen LogP contribution is -2.35. The Kier molecular flexibility index (Phi) is 6.52. The van der Waals surface area contributed by atoms with Crippen molar-refractivity contribution in [2.45, 2.75) is 19.3 Å². The molecular weight excluding hydrogens is 423 g/mol. The Bertz CT molecular complexity index is 1060. The zero-order valence-electron chi connectivity index (χ0n) is 17.2. The van der Waals surface area contributed by atoms with Crippen LogP contribution in [0.4, 0.5) is 13.2 Å². The van der Waals surface area contributed by atoms with Gasteiger partial charge in [0.15, 0.2) is 5.69 Å². The van der Waals surface area contributed by atoms with E-state index in [1.54, 1.807) is 0 Å². The molecule has 0 atom stereocenters. The first-order valence-electron chi connectivity index (χ1n) is 10.2. The summed E-state index contributed by atoms with van der Waals surface area (Å²) in [6.45, 7) is 4.42. The monoisotopic (exact) mass is 445 g/mol. The third-order valence-corrected chi connectivity index (χ3v) is 5.17. The second-order valence-corrected chi connectivity index (χ2v) is 7.45. The zero-order valence-corrected chi connectivity index (χ0v) is 17.2. The van der Waals surface area contributed by atoms with E-state index in [1.807, 2.05) is 24.3 Å². The minimum absolute atomic E-state index is 0.0640. The van der Waals surface area contributed by atoms with Gasteiger partial charge in [-0.05, 0) is 23.3 Å². The fourth-order valence-corrected chi connectivity index (χ4v) is 3.45. The number of amides is 1. The van der Waals surface area contributed by atoms with Gasteiger partial charge in [0, 0.05) is 26.2 Å². The third-order valence-electron chi connectivity index (χ3n) is 5.17. The fourth-order valence-electron chi connectivity index (χ4n) is 3.45. The van der Waals surface area contributed by atoms with E-state index in [1.165, 1.54) is 30.0 Å². The Morgan fingerprint density at radius 2 is 1.72 bits per heavy atom. The van der Waals surface area contributed by atoms with Crippen molar-refractivity contribution in [2.75, 3.05) is 26.3 Å². The molecule has 1 fully saturated rings. The van der Waals surface area contributed by atoms with Crippen LogP contribution in [0.25, 0.3) is 5.69 Å². The van der Waals surface area contributed by atoms with Crippen molar-refractivity contribution < 1.29 is 22.7 Å². The molecule has 0 spiro atoms. The Hall–Kier alpha value is -3.24. The van der Waals surface area contributed by atoms with Gasteiger partial charge in [0.05, 0.1) is 30.7 Å². The standard InChI is InChI=1S/C22H22F3N5O2/c23-22(24,25)18-3-1-2-4-20(18)30-15-19(27-28-30)21(31)26-13-16-5-7-17(8-6-16)14-29-9-11-32-12-10-29/h1-8,15H,9-14H2,(H,26,31). The van der Waals surface area contributed by atoms with Crippen molar-refractivity contribution in [3.8, 4) is 5.69 Å². The molecule has 0 bridgehead atoms. The molecule has 168 valence electrons. The molecule has 1 aromatic heterocycles. The molecule has 2 heterocycles. The first-order chi connectivity index (χ1) is 15.4. The van der Waals surface area contributed by atoms with Crippen LogP contribution in [0.2, 0.25) is 0 Å². The maximum absolute atomic E-state index is 13.2. The highest BCUT2D eigenvalue weighted by molar-refractivity contribution is 5.91. The fraction of sp³-hybridized carbons (Fsp3) is 0.318. The minimum Gasteiger partial charge on any atom is -0.379 e. The van der Waals surface area contributed by atoms with Crippen LogP contribution in [-0.4, -0.2) is 52.1 Å². The van der Waals surface area contributed by atoms with E-state index in [4.69, 9.17) is 4.74 Å². The molecule has 1 amide bonds. The number of alkyl halides is 3. The number of rotatable bonds is 6. The summed E-state index contributed by atoms with van der Waals surface area (Å²) < 4.78 is 46.0. The molecular formula is C22H22F3N5O2. The summed E-state index contributed by atoms with van der Waals surface area (Å²) in [5, 5.41) is 10.1. The van der Waals surface area contributed by atoms with Crippen LogP contribution in [0.3, 0.4) is 0 Å². The summed E-state index contributed by atoms with van der Waals surface area (Å²) in [4.78, 5) is 14.7. The quantitative estimate of drug-likeness (QED) is 0.632. The van der Waals surface area contributed by atoms with Gasteiger partial charge in [-0.25, -0.2) is 4.68 Å². The third kappa shape index (κ3) is 5.32. The second-order valence-electron chi connectivity index (χ2n) is 7.45. The lowest BCUT2D eigenvalue weighted by atomic mass is 10.1. The van der Waals surface area contributed by atoms with Gasteiger partial charge in [-0.15, -0.1) is 5.10 Å². The van der Waals surface area contributed by atoms with Crippen LogP contribution in [0.5, 0.6) is 0 Å². The molecule has 4 rings (SSSR count). The molecule has 3 aromatic rings. The molecule has 7 nitrogen and oxygen atoms in total. The first-order valence-corrected chi connectivity index (χ1v) is 10.2. The Labute approximate surface area is 182 Å². The van der Waals surface area contributed by atoms with Gasteiger partial charge >= 0.3 is 6.18 Å². The van der Waals surface area contributed by atoms with E-state index in [0.29, 0.717) is 0 Å². The van der Waals surface area contributed by atoms with Crippen LogP contribution in [-0.2, 0) is 24.0 Å². The summed E-state index contributed by atoms with van der Waals surface area (Å²) in [6.07, 6.45) is -3.36. The maximum Gasteiger partial charge on any atom is 0.418 e. The van der Waals surface area contributed by atoms with Crippen molar-refractivity contribution in [1.29, 1.82) is 0 Å². The Morgan fingerprint density at radius 3 is 2.44 bits per heavy atom. The van der Waals surface area contributed by atoms with E-state index < -0.39 is 17.6 Å². The number of hydrogen-bond donors (Lipinski definition) is 1. The zero-order chi connectivity index (χ0) is 22.6. The number of nitrogens with one attached hydrogen (secondary N) is 1. The van der Waals surface area contributed by atoms with Crippen molar-refractivity contribution in [3.05, 3.63) is 77.1 Å². The predicted octanol–water partition coefficient (Wildman–Crippen LogP) is 3.05. The number of carbonyl (C=O) groups is 1. The van der Waals surface area contributed by atoms with Crippen molar-refractivity contribution in [2.24, 2.45) is 0 Å². The highest BCUT2D eigenvalue weighted by atomic mass is 19.4. The first kappa shape index (κ1) is 22.0. The number of benzene rings is 2. The molecule has 1 N–H and O–H groups in total. The molecule has 2 aromatic carbocycles. The number of carbonyl (C=O) groups excluding carboxylic acids is 1. The minimum atomic E-state index is -4.54. The smallest absolute Gasteiger partial charge is 0.379 e. The number of hydrogen-bond acceptors (Lipinski definition) is 5. The van der Waals surface area contributed by atoms with Gasteiger partial charge < -0.3 is 10.1 Å². The SMILES string of the molecule is O=C(NCc1ccc(CN2CCOCC2)cc1)c1cn(-c2ccccc2C(F)(F)F)nn1. The van der Waals surface area contributed by atoms with Crippen molar-refractivity contribution in [1.82, 2.24) is 25.2 Å². The summed E-state index contributed by atoms with van der Waals surface area (Å²) in [5.41, 5.74) is 0.967. The summed E-state index contributed by atoms with van der Waals surface area (Å²) in [6, 6.07) is 12.9. The second kappa shape index (κ2) is 9.49. The van der Waals surface area contributed by atoms with E-state index in [-0.39, 0.29) is 17.9 Å². The molecule has 10 heteroatoms. The molecule has 1 aliphatic heterocycles. The van der Waals surface area contributed by atoms with Gasteiger partial charge in [-0.3, -0.25) is 9.69 Å². The lowest BCUT2D eigenvalue weighted by Gasteiger charge is -2.26. The number of aromatic nitrogens is 3. The molecule has 0 radical (unpaired) electrons. The van der Waals surface area contributed by atoms with E-state index >= 15 is 0 Å². The average Bonchev–Trinajstić information content (AvgIpc) is 3.29. The van der Waals surface area contributed by atoms with Gasteiger partial charge in [0.1, 0.15) is 0 Å². The Balaban J connectivity index is 1.36. The van der Waals surface area contributed by atoms with Crippen LogP contribution in [0, 0.1) is 0 Å². The van der Waals surface area contributed by atoms with Gasteiger partial charge in [0.25, 0.3) is 5.91 Å². The maximum atomic E-state index is 13.2. The molecule has 32 heavy (non-hydrogen) atoms. The highest BCUT2D eigenvalue weighted by Crippen LogP contribution is 2.33. The summed E-state index contributed by atoms with van der Waals surface area (Å²) in [7, 11) is 0. The Morgan fingerprint density at radius 1 is 1.03 bits per heavy atom. The van der Waals surface area contributed by atoms with Crippen LogP contribution in [0.1, 0.15) is 27.2 Å². The van der Waals surface area contributed by atoms with Crippen LogP contribution >= 0.6 is 0 Å². The van der Waals surface area contributed by atoms with Crippen molar-refractivity contribution >= 4 is 5.91 Å². The lowest BCUT2D eigenvalue weighted by molar-refractivity contribution is -0.137. The van der Waals surface area contributed by atoms with Crippen molar-refractivity contribution in [3.63, 3.8) is 0 Å². The van der Waals surface area contributed by atoms with Crippen LogP contribution in [0.15, 0.2) is 54.7 Å². The van der Waals surface area contributed by atoms with Crippen LogP contribution < -0.4 is 5.32 Å². The van der Waals surface area contributed by atoms with E-state index in [0.717, 1.165) is 49.2 Å². The largest absolute Gasteiger partial charge is 0.418 e.